The first kappa shape index (κ1) is 16.2. The Kier molecular flexibility index (Phi) is 4.70. The summed E-state index contributed by atoms with van der Waals surface area (Å²) in [5.41, 5.74) is 2.25. The monoisotopic (exact) mass is 374 g/mol. The molecule has 0 spiro atoms. The highest BCUT2D eigenvalue weighted by Crippen LogP contribution is 2.36. The average molecular weight is 375 g/mol. The van der Waals surface area contributed by atoms with Crippen LogP contribution in [0.15, 0.2) is 40.3 Å². The highest BCUT2D eigenvalue weighted by molar-refractivity contribution is 8.02. The molecule has 124 valence electrons. The molecule has 24 heavy (non-hydrogen) atoms. The molecular formula is C18H18N2OS3. The smallest absolute Gasteiger partial charge is 0.267 e. The van der Waals surface area contributed by atoms with E-state index < -0.39 is 0 Å². The van der Waals surface area contributed by atoms with E-state index in [1.54, 1.807) is 27.7 Å². The largest absolute Gasteiger partial charge is 0.268 e. The molecule has 1 aliphatic rings. The van der Waals surface area contributed by atoms with Gasteiger partial charge in [0.05, 0.1) is 11.1 Å². The zero-order valence-electron chi connectivity index (χ0n) is 13.4. The number of rotatable bonds is 5. The van der Waals surface area contributed by atoms with E-state index in [-0.39, 0.29) is 5.56 Å². The second kappa shape index (κ2) is 6.94. The number of fused-ring (bicyclic) bond motifs is 3. The van der Waals surface area contributed by atoms with Gasteiger partial charge in [0, 0.05) is 16.4 Å². The topological polar surface area (TPSA) is 34.9 Å². The fraction of sp³-hybridized carbons (Fsp3) is 0.333. The lowest BCUT2D eigenvalue weighted by Crippen LogP contribution is -2.22. The number of hydrogen-bond acceptors (Lipinski definition) is 5. The molecule has 0 atom stereocenters. The first-order valence-corrected chi connectivity index (χ1v) is 11.2. The lowest BCUT2D eigenvalue weighted by molar-refractivity contribution is 0.821. The lowest BCUT2D eigenvalue weighted by atomic mass is 10.2. The van der Waals surface area contributed by atoms with Crippen LogP contribution in [0.1, 0.15) is 16.9 Å². The van der Waals surface area contributed by atoms with Gasteiger partial charge >= 0.3 is 0 Å². The number of hydrogen-bond donors (Lipinski definition) is 0. The van der Waals surface area contributed by atoms with Crippen LogP contribution in [0, 0.1) is 0 Å². The molecule has 0 bridgehead atoms. The predicted octanol–water partition coefficient (Wildman–Crippen LogP) is 4.39. The van der Waals surface area contributed by atoms with Crippen LogP contribution in [0.5, 0.6) is 0 Å². The average Bonchev–Trinajstić information content (AvgIpc) is 3.16. The van der Waals surface area contributed by atoms with Crippen LogP contribution in [-0.4, -0.2) is 27.3 Å². The summed E-state index contributed by atoms with van der Waals surface area (Å²) >= 11 is 5.21. The van der Waals surface area contributed by atoms with Gasteiger partial charge in [-0.25, -0.2) is 4.98 Å². The minimum absolute atomic E-state index is 0.0947. The molecule has 0 amide bonds. The number of para-hydroxylation sites is 1. The SMILES string of the molecule is CSCCSc1nc2sc3c(c2c(=O)n1-c1ccccc1)CCC3. The summed E-state index contributed by atoms with van der Waals surface area (Å²) in [6.45, 7) is 0. The molecule has 6 heteroatoms. The molecule has 3 aromatic rings. The Morgan fingerprint density at radius 1 is 1.21 bits per heavy atom. The fourth-order valence-corrected chi connectivity index (χ4v) is 6.11. The molecule has 1 aromatic carbocycles. The van der Waals surface area contributed by atoms with Crippen LogP contribution in [0.25, 0.3) is 15.9 Å². The van der Waals surface area contributed by atoms with Crippen molar-refractivity contribution in [3.63, 3.8) is 0 Å². The van der Waals surface area contributed by atoms with Crippen molar-refractivity contribution < 1.29 is 0 Å². The molecule has 0 fully saturated rings. The van der Waals surface area contributed by atoms with Crippen LogP contribution in [0.3, 0.4) is 0 Å². The Hall–Kier alpha value is -1.24. The van der Waals surface area contributed by atoms with E-state index in [4.69, 9.17) is 4.98 Å². The van der Waals surface area contributed by atoms with Crippen LogP contribution >= 0.6 is 34.9 Å². The molecule has 2 aromatic heterocycles. The number of thiophene rings is 1. The van der Waals surface area contributed by atoms with E-state index in [0.717, 1.165) is 51.8 Å². The highest BCUT2D eigenvalue weighted by Gasteiger charge is 2.23. The molecule has 0 N–H and O–H groups in total. The Morgan fingerprint density at radius 3 is 2.83 bits per heavy atom. The van der Waals surface area contributed by atoms with E-state index in [1.165, 1.54) is 10.4 Å². The number of nitrogens with zero attached hydrogens (tertiary/aromatic N) is 2. The second-order valence-electron chi connectivity index (χ2n) is 5.75. The van der Waals surface area contributed by atoms with Gasteiger partial charge in [-0.3, -0.25) is 9.36 Å². The van der Waals surface area contributed by atoms with E-state index in [0.29, 0.717) is 0 Å². The van der Waals surface area contributed by atoms with Gasteiger partial charge < -0.3 is 0 Å². The molecule has 0 radical (unpaired) electrons. The summed E-state index contributed by atoms with van der Waals surface area (Å²) in [6.07, 6.45) is 5.37. The maximum absolute atomic E-state index is 13.3. The molecule has 0 aliphatic heterocycles. The summed E-state index contributed by atoms with van der Waals surface area (Å²) in [6, 6.07) is 9.89. The second-order valence-corrected chi connectivity index (χ2v) is 8.88. The number of thioether (sulfide) groups is 2. The molecule has 0 saturated carbocycles. The Bertz CT molecular complexity index is 931. The molecule has 3 nitrogen and oxygen atoms in total. The summed E-state index contributed by atoms with van der Waals surface area (Å²) in [5, 5.41) is 1.67. The predicted molar refractivity (Wildman–Crippen MR) is 106 cm³/mol. The summed E-state index contributed by atoms with van der Waals surface area (Å²) < 4.78 is 1.80. The number of benzene rings is 1. The molecule has 4 rings (SSSR count). The van der Waals surface area contributed by atoms with Crippen LogP contribution in [0.4, 0.5) is 0 Å². The zero-order chi connectivity index (χ0) is 16.5. The molecule has 0 unspecified atom stereocenters. The third kappa shape index (κ3) is 2.80. The first-order valence-electron chi connectivity index (χ1n) is 8.04. The van der Waals surface area contributed by atoms with E-state index in [2.05, 4.69) is 6.26 Å². The van der Waals surface area contributed by atoms with Crippen molar-refractivity contribution >= 4 is 45.1 Å². The van der Waals surface area contributed by atoms with Crippen molar-refractivity contribution in [1.29, 1.82) is 0 Å². The number of aryl methyl sites for hydroxylation is 2. The quantitative estimate of drug-likeness (QED) is 0.377. The summed E-state index contributed by atoms with van der Waals surface area (Å²) in [4.78, 5) is 20.5. The van der Waals surface area contributed by atoms with Gasteiger partial charge in [0.1, 0.15) is 4.83 Å². The Labute approximate surface area is 153 Å². The highest BCUT2D eigenvalue weighted by atomic mass is 32.2. The third-order valence-corrected chi connectivity index (χ3v) is 7.24. The van der Waals surface area contributed by atoms with E-state index >= 15 is 0 Å². The van der Waals surface area contributed by atoms with Crippen molar-refractivity contribution in [2.45, 2.75) is 24.4 Å². The summed E-state index contributed by atoms with van der Waals surface area (Å²) in [5.74, 6) is 2.01. The van der Waals surface area contributed by atoms with E-state index in [1.807, 2.05) is 42.1 Å². The van der Waals surface area contributed by atoms with E-state index in [9.17, 15) is 4.79 Å². The van der Waals surface area contributed by atoms with Crippen molar-refractivity contribution in [2.24, 2.45) is 0 Å². The van der Waals surface area contributed by atoms with Gasteiger partial charge in [0.25, 0.3) is 5.56 Å². The van der Waals surface area contributed by atoms with Crippen LogP contribution in [0.2, 0.25) is 0 Å². The minimum Gasteiger partial charge on any atom is -0.268 e. The van der Waals surface area contributed by atoms with Crippen molar-refractivity contribution in [3.05, 3.63) is 51.1 Å². The van der Waals surface area contributed by atoms with Crippen LogP contribution < -0.4 is 5.56 Å². The fourth-order valence-electron chi connectivity index (χ4n) is 3.14. The van der Waals surface area contributed by atoms with Gasteiger partial charge in [0.15, 0.2) is 5.16 Å². The first-order chi connectivity index (χ1) is 11.8. The van der Waals surface area contributed by atoms with Crippen molar-refractivity contribution in [1.82, 2.24) is 9.55 Å². The molecule has 2 heterocycles. The normalized spacial score (nSPS) is 13.5. The lowest BCUT2D eigenvalue weighted by Gasteiger charge is -2.12. The van der Waals surface area contributed by atoms with Gasteiger partial charge in [0.2, 0.25) is 0 Å². The summed E-state index contributed by atoms with van der Waals surface area (Å²) in [7, 11) is 0. The Morgan fingerprint density at radius 2 is 2.04 bits per heavy atom. The minimum atomic E-state index is 0.0947. The zero-order valence-corrected chi connectivity index (χ0v) is 15.9. The van der Waals surface area contributed by atoms with Gasteiger partial charge in [-0.05, 0) is 43.2 Å². The third-order valence-electron chi connectivity index (χ3n) is 4.24. The molecular weight excluding hydrogens is 356 g/mol. The van der Waals surface area contributed by atoms with Crippen molar-refractivity contribution in [3.8, 4) is 5.69 Å². The standard InChI is InChI=1S/C18H18N2OS3/c1-22-10-11-23-18-19-16-15(13-8-5-9-14(13)24-16)17(21)20(18)12-6-3-2-4-7-12/h2-4,6-7H,5,8-11H2,1H3. The maximum Gasteiger partial charge on any atom is 0.267 e. The van der Waals surface area contributed by atoms with Crippen molar-refractivity contribution in [2.75, 3.05) is 17.8 Å². The van der Waals surface area contributed by atoms with Gasteiger partial charge in [-0.2, -0.15) is 11.8 Å². The van der Waals surface area contributed by atoms with Gasteiger partial charge in [-0.1, -0.05) is 30.0 Å². The molecule has 1 aliphatic carbocycles. The maximum atomic E-state index is 13.3. The van der Waals surface area contributed by atoms with Gasteiger partial charge in [-0.15, -0.1) is 11.3 Å². The Balaban J connectivity index is 1.93. The molecule has 0 saturated heterocycles. The number of aromatic nitrogens is 2. The van der Waals surface area contributed by atoms with Crippen LogP contribution in [-0.2, 0) is 12.8 Å².